The summed E-state index contributed by atoms with van der Waals surface area (Å²) in [5.41, 5.74) is 4.43. The predicted molar refractivity (Wildman–Crippen MR) is 128 cm³/mol. The van der Waals surface area contributed by atoms with Crippen molar-refractivity contribution < 1.29 is 29.0 Å². The van der Waals surface area contributed by atoms with Crippen molar-refractivity contribution in [3.05, 3.63) is 59.7 Å². The number of hydrogen-bond donors (Lipinski definition) is 2. The van der Waals surface area contributed by atoms with Gasteiger partial charge in [0.25, 0.3) is 0 Å². The summed E-state index contributed by atoms with van der Waals surface area (Å²) in [7, 11) is 0. The molecular formula is C27H30N2O6. The molecule has 1 unspecified atom stereocenters. The number of hydrogen-bond acceptors (Lipinski definition) is 5. The summed E-state index contributed by atoms with van der Waals surface area (Å²) in [5, 5.41) is 11.9. The quantitative estimate of drug-likeness (QED) is 0.659. The minimum absolute atomic E-state index is 0.0332. The lowest BCUT2D eigenvalue weighted by Gasteiger charge is -2.33. The zero-order chi connectivity index (χ0) is 24.4. The van der Waals surface area contributed by atoms with Gasteiger partial charge in [-0.1, -0.05) is 48.5 Å². The molecule has 1 atom stereocenters. The average Bonchev–Trinajstić information content (AvgIpc) is 3.41. The smallest absolute Gasteiger partial charge is 0.407 e. The van der Waals surface area contributed by atoms with E-state index in [2.05, 4.69) is 17.4 Å². The Bertz CT molecular complexity index is 1080. The number of carboxylic acids is 1. The number of amides is 2. The second-order valence-corrected chi connectivity index (χ2v) is 9.74. The van der Waals surface area contributed by atoms with E-state index in [1.54, 1.807) is 4.90 Å². The third kappa shape index (κ3) is 4.75. The molecule has 2 N–H and O–H groups in total. The van der Waals surface area contributed by atoms with Crippen LogP contribution in [0.15, 0.2) is 48.5 Å². The van der Waals surface area contributed by atoms with Crippen LogP contribution in [-0.4, -0.2) is 66.9 Å². The van der Waals surface area contributed by atoms with Crippen molar-refractivity contribution in [3.8, 4) is 11.1 Å². The fraction of sp³-hybridized carbons (Fsp3) is 0.444. The van der Waals surface area contributed by atoms with Gasteiger partial charge in [-0.25, -0.2) is 4.79 Å². The Morgan fingerprint density at radius 3 is 2.29 bits per heavy atom. The van der Waals surface area contributed by atoms with Crippen LogP contribution in [0.5, 0.6) is 0 Å². The highest BCUT2D eigenvalue weighted by Crippen LogP contribution is 2.44. The van der Waals surface area contributed by atoms with Crippen molar-refractivity contribution in [3.63, 3.8) is 0 Å². The molecule has 0 aromatic heterocycles. The first-order chi connectivity index (χ1) is 17.0. The SMILES string of the molecule is O=C(O)CC(NC(=O)OCC1c2ccccc2-c2ccccc21)C(=O)N1CCC2(CCOCC2)C1. The Hall–Kier alpha value is -3.39. The van der Waals surface area contributed by atoms with Crippen molar-refractivity contribution in [1.29, 1.82) is 0 Å². The molecule has 2 aromatic carbocycles. The van der Waals surface area contributed by atoms with Crippen molar-refractivity contribution in [2.24, 2.45) is 5.41 Å². The first kappa shape index (κ1) is 23.4. The summed E-state index contributed by atoms with van der Waals surface area (Å²) in [6, 6.07) is 14.9. The molecule has 35 heavy (non-hydrogen) atoms. The number of ether oxygens (including phenoxy) is 2. The monoisotopic (exact) mass is 478 g/mol. The fourth-order valence-corrected chi connectivity index (χ4v) is 5.71. The number of carboxylic acid groups (broad SMARTS) is 1. The molecule has 1 aliphatic carbocycles. The van der Waals surface area contributed by atoms with E-state index >= 15 is 0 Å². The van der Waals surface area contributed by atoms with Gasteiger partial charge in [0.05, 0.1) is 6.42 Å². The molecular weight excluding hydrogens is 448 g/mol. The van der Waals surface area contributed by atoms with Gasteiger partial charge in [0, 0.05) is 32.2 Å². The molecule has 2 aliphatic heterocycles. The van der Waals surface area contributed by atoms with Crippen LogP contribution >= 0.6 is 0 Å². The first-order valence-electron chi connectivity index (χ1n) is 12.2. The molecule has 1 spiro atoms. The third-order valence-corrected chi connectivity index (χ3v) is 7.62. The Morgan fingerprint density at radius 2 is 1.66 bits per heavy atom. The molecule has 8 nitrogen and oxygen atoms in total. The predicted octanol–water partition coefficient (Wildman–Crippen LogP) is 3.40. The van der Waals surface area contributed by atoms with Crippen molar-refractivity contribution >= 4 is 18.0 Å². The largest absolute Gasteiger partial charge is 0.481 e. The number of likely N-dealkylation sites (tertiary alicyclic amines) is 1. The lowest BCUT2D eigenvalue weighted by molar-refractivity contribution is -0.142. The summed E-state index contributed by atoms with van der Waals surface area (Å²) in [4.78, 5) is 39.1. The number of alkyl carbamates (subject to hydrolysis) is 1. The number of benzene rings is 2. The van der Waals surface area contributed by atoms with E-state index in [-0.39, 0.29) is 23.8 Å². The summed E-state index contributed by atoms with van der Waals surface area (Å²) in [6.07, 6.45) is 1.37. The average molecular weight is 479 g/mol. The Kier molecular flexibility index (Phi) is 6.47. The van der Waals surface area contributed by atoms with Crippen LogP contribution in [0.2, 0.25) is 0 Å². The third-order valence-electron chi connectivity index (χ3n) is 7.62. The van der Waals surface area contributed by atoms with E-state index < -0.39 is 24.5 Å². The van der Waals surface area contributed by atoms with Gasteiger partial charge < -0.3 is 24.8 Å². The zero-order valence-corrected chi connectivity index (χ0v) is 19.6. The van der Waals surface area contributed by atoms with Crippen LogP contribution in [0.1, 0.15) is 42.7 Å². The maximum Gasteiger partial charge on any atom is 0.407 e. The van der Waals surface area contributed by atoms with E-state index in [1.165, 1.54) is 0 Å². The number of rotatable bonds is 6. The Morgan fingerprint density at radius 1 is 1.03 bits per heavy atom. The van der Waals surface area contributed by atoms with Gasteiger partial charge in [-0.15, -0.1) is 0 Å². The zero-order valence-electron chi connectivity index (χ0n) is 19.6. The van der Waals surface area contributed by atoms with Crippen LogP contribution in [0.3, 0.4) is 0 Å². The van der Waals surface area contributed by atoms with Crippen molar-refractivity contribution in [1.82, 2.24) is 10.2 Å². The van der Waals surface area contributed by atoms with Crippen LogP contribution in [0.25, 0.3) is 11.1 Å². The number of carbonyl (C=O) groups excluding carboxylic acids is 2. The highest BCUT2D eigenvalue weighted by molar-refractivity contribution is 5.89. The van der Waals surface area contributed by atoms with Crippen molar-refractivity contribution in [2.45, 2.75) is 37.6 Å². The van der Waals surface area contributed by atoms with E-state index in [0.29, 0.717) is 26.3 Å². The first-order valence-corrected chi connectivity index (χ1v) is 12.2. The van der Waals surface area contributed by atoms with Gasteiger partial charge in [-0.3, -0.25) is 9.59 Å². The molecule has 2 aromatic rings. The summed E-state index contributed by atoms with van der Waals surface area (Å²) in [6.45, 7) is 2.58. The maximum absolute atomic E-state index is 13.2. The second kappa shape index (κ2) is 9.70. The van der Waals surface area contributed by atoms with Crippen molar-refractivity contribution in [2.75, 3.05) is 32.9 Å². The van der Waals surface area contributed by atoms with E-state index in [4.69, 9.17) is 9.47 Å². The molecule has 2 saturated heterocycles. The van der Waals surface area contributed by atoms with Gasteiger partial charge in [0.2, 0.25) is 5.91 Å². The number of fused-ring (bicyclic) bond motifs is 3. The molecule has 8 heteroatoms. The Labute approximate surface area is 204 Å². The van der Waals surface area contributed by atoms with E-state index in [1.807, 2.05) is 36.4 Å². The fourth-order valence-electron chi connectivity index (χ4n) is 5.71. The van der Waals surface area contributed by atoms with Crippen LogP contribution in [0, 0.1) is 5.41 Å². The summed E-state index contributed by atoms with van der Waals surface area (Å²) >= 11 is 0. The molecule has 2 amide bonds. The van der Waals surface area contributed by atoms with Gasteiger partial charge in [0.15, 0.2) is 0 Å². The van der Waals surface area contributed by atoms with Gasteiger partial charge >= 0.3 is 12.1 Å². The molecule has 2 fully saturated rings. The topological polar surface area (TPSA) is 105 Å². The molecule has 3 aliphatic rings. The lowest BCUT2D eigenvalue weighted by Crippen LogP contribution is -2.49. The van der Waals surface area contributed by atoms with Crippen LogP contribution in [-0.2, 0) is 19.1 Å². The summed E-state index contributed by atoms with van der Waals surface area (Å²) < 4.78 is 11.0. The molecule has 184 valence electrons. The number of aliphatic carboxylic acids is 1. The summed E-state index contributed by atoms with van der Waals surface area (Å²) in [5.74, 6) is -1.64. The molecule has 0 radical (unpaired) electrons. The molecule has 0 bridgehead atoms. The van der Waals surface area contributed by atoms with Gasteiger partial charge in [0.1, 0.15) is 12.6 Å². The van der Waals surface area contributed by atoms with Gasteiger partial charge in [-0.05, 0) is 46.9 Å². The van der Waals surface area contributed by atoms with Crippen LogP contribution in [0.4, 0.5) is 4.79 Å². The van der Waals surface area contributed by atoms with E-state index in [9.17, 15) is 19.5 Å². The molecule has 2 heterocycles. The minimum atomic E-state index is -1.17. The number of carbonyl (C=O) groups is 3. The minimum Gasteiger partial charge on any atom is -0.481 e. The second-order valence-electron chi connectivity index (χ2n) is 9.74. The van der Waals surface area contributed by atoms with Crippen LogP contribution < -0.4 is 5.32 Å². The Balaban J connectivity index is 1.23. The molecule has 5 rings (SSSR count). The van der Waals surface area contributed by atoms with E-state index in [0.717, 1.165) is 41.5 Å². The van der Waals surface area contributed by atoms with Gasteiger partial charge in [-0.2, -0.15) is 0 Å². The number of nitrogens with zero attached hydrogens (tertiary/aromatic N) is 1. The highest BCUT2D eigenvalue weighted by Gasteiger charge is 2.43. The highest BCUT2D eigenvalue weighted by atomic mass is 16.5. The normalized spacial score (nSPS) is 19.1. The number of nitrogens with one attached hydrogen (secondary N) is 1. The standard InChI is InChI=1S/C27H30N2O6/c30-24(31)15-23(25(32)29-12-9-27(17-29)10-13-34-14-11-27)28-26(33)35-16-22-20-7-3-1-5-18(20)19-6-2-4-8-21(19)22/h1-8,22-23H,9-17H2,(H,28,33)(H,30,31). The maximum atomic E-state index is 13.2. The lowest BCUT2D eigenvalue weighted by atomic mass is 9.80. The molecule has 0 saturated carbocycles.